The van der Waals surface area contributed by atoms with E-state index in [0.717, 1.165) is 43.2 Å². The van der Waals surface area contributed by atoms with Gasteiger partial charge in [-0.1, -0.05) is 88.5 Å². The summed E-state index contributed by atoms with van der Waals surface area (Å²) in [7, 11) is 0. The Bertz CT molecular complexity index is 1060. The van der Waals surface area contributed by atoms with Gasteiger partial charge in [0.05, 0.1) is 5.56 Å². The van der Waals surface area contributed by atoms with Crippen LogP contribution >= 0.6 is 0 Å². The molecule has 6 heteroatoms. The van der Waals surface area contributed by atoms with Crippen molar-refractivity contribution in [2.24, 2.45) is 11.8 Å². The summed E-state index contributed by atoms with van der Waals surface area (Å²) in [6.45, 7) is 2.25. The topological polar surface area (TPSA) is 9.23 Å². The average Bonchev–Trinajstić information content (AvgIpc) is 2.86. The molecule has 202 valence electrons. The Morgan fingerprint density at radius 3 is 2.19 bits per heavy atom. The lowest BCUT2D eigenvalue weighted by Crippen LogP contribution is -2.17. The van der Waals surface area contributed by atoms with Crippen molar-refractivity contribution in [3.05, 3.63) is 58.7 Å². The van der Waals surface area contributed by atoms with E-state index in [2.05, 4.69) is 11.7 Å². The lowest BCUT2D eigenvalue weighted by molar-refractivity contribution is -0.274. The zero-order valence-corrected chi connectivity index (χ0v) is 21.6. The fourth-order valence-corrected chi connectivity index (χ4v) is 5.98. The molecule has 0 atom stereocenters. The summed E-state index contributed by atoms with van der Waals surface area (Å²) in [4.78, 5) is 0. The van der Waals surface area contributed by atoms with Crippen molar-refractivity contribution in [3.8, 4) is 16.9 Å². The van der Waals surface area contributed by atoms with Crippen molar-refractivity contribution >= 4 is 6.08 Å². The number of fused-ring (bicyclic) bond motifs is 1. The quantitative estimate of drug-likeness (QED) is 0.224. The molecule has 0 heterocycles. The van der Waals surface area contributed by atoms with Gasteiger partial charge in [-0.15, -0.1) is 13.2 Å². The van der Waals surface area contributed by atoms with E-state index in [0.29, 0.717) is 17.5 Å². The van der Waals surface area contributed by atoms with E-state index in [1.807, 2.05) is 6.08 Å². The number of rotatable bonds is 10. The molecule has 0 bridgehead atoms. The molecule has 0 saturated heterocycles. The molecule has 2 aromatic rings. The first-order valence-electron chi connectivity index (χ1n) is 13.8. The number of halogens is 5. The van der Waals surface area contributed by atoms with Crippen LogP contribution in [-0.4, -0.2) is 6.36 Å². The highest BCUT2D eigenvalue weighted by atomic mass is 19.4. The molecule has 0 N–H and O–H groups in total. The van der Waals surface area contributed by atoms with E-state index >= 15 is 4.39 Å². The van der Waals surface area contributed by atoms with Crippen molar-refractivity contribution < 1.29 is 26.7 Å². The second-order valence-electron chi connectivity index (χ2n) is 10.8. The van der Waals surface area contributed by atoms with E-state index in [9.17, 15) is 17.6 Å². The van der Waals surface area contributed by atoms with Gasteiger partial charge >= 0.3 is 6.36 Å². The second-order valence-corrected chi connectivity index (χ2v) is 10.8. The van der Waals surface area contributed by atoms with Crippen LogP contribution < -0.4 is 4.74 Å². The van der Waals surface area contributed by atoms with E-state index in [1.165, 1.54) is 81.6 Å². The van der Waals surface area contributed by atoms with Crippen LogP contribution in [0.25, 0.3) is 17.2 Å². The summed E-state index contributed by atoms with van der Waals surface area (Å²) in [5.74, 6) is -0.137. The minimum Gasteiger partial charge on any atom is -0.406 e. The summed E-state index contributed by atoms with van der Waals surface area (Å²) in [5.41, 5.74) is 2.27. The van der Waals surface area contributed by atoms with Crippen molar-refractivity contribution in [2.45, 2.75) is 96.8 Å². The molecule has 0 spiro atoms. The normalized spacial score (nSPS) is 19.9. The Balaban J connectivity index is 1.35. The highest BCUT2D eigenvalue weighted by molar-refractivity contribution is 5.71. The number of unbranched alkanes of at least 4 members (excludes halogenated alkanes) is 3. The summed E-state index contributed by atoms with van der Waals surface area (Å²) >= 11 is 0. The number of benzene rings is 2. The van der Waals surface area contributed by atoms with Crippen LogP contribution in [0.1, 0.15) is 95.1 Å². The largest absolute Gasteiger partial charge is 0.573 e. The van der Waals surface area contributed by atoms with Crippen LogP contribution in [-0.2, 0) is 6.42 Å². The smallest absolute Gasteiger partial charge is 0.406 e. The number of hydrogen-bond donors (Lipinski definition) is 0. The highest BCUT2D eigenvalue weighted by Gasteiger charge is 2.31. The van der Waals surface area contributed by atoms with Crippen LogP contribution in [0, 0.1) is 23.5 Å². The number of alkyl halides is 3. The highest BCUT2D eigenvalue weighted by Crippen LogP contribution is 2.39. The molecule has 2 aromatic carbocycles. The van der Waals surface area contributed by atoms with Gasteiger partial charge in [0.2, 0.25) is 0 Å². The zero-order valence-electron chi connectivity index (χ0n) is 21.6. The molecule has 1 fully saturated rings. The minimum atomic E-state index is -4.82. The maximum atomic E-state index is 15.4. The van der Waals surface area contributed by atoms with Crippen LogP contribution in [0.15, 0.2) is 35.9 Å². The van der Waals surface area contributed by atoms with E-state index < -0.39 is 23.7 Å². The Kier molecular flexibility index (Phi) is 9.31. The molecule has 2 aliphatic carbocycles. The van der Waals surface area contributed by atoms with Crippen LogP contribution in [0.2, 0.25) is 0 Å². The van der Waals surface area contributed by atoms with Gasteiger partial charge in [-0.2, -0.15) is 0 Å². The third kappa shape index (κ3) is 7.58. The van der Waals surface area contributed by atoms with Gasteiger partial charge in [-0.25, -0.2) is 8.78 Å². The van der Waals surface area contributed by atoms with E-state index in [1.54, 1.807) is 0 Å². The zero-order chi connectivity index (χ0) is 26.4. The molecule has 0 aromatic heterocycles. The Morgan fingerprint density at radius 2 is 1.54 bits per heavy atom. The lowest BCUT2D eigenvalue weighted by Gasteiger charge is -2.29. The number of allylic oxidation sites excluding steroid dienone is 1. The molecule has 0 radical (unpaired) electrons. The summed E-state index contributed by atoms with van der Waals surface area (Å²) in [6, 6.07) is 5.99. The maximum Gasteiger partial charge on any atom is 0.573 e. The first-order valence-corrected chi connectivity index (χ1v) is 13.8. The van der Waals surface area contributed by atoms with Gasteiger partial charge in [0, 0.05) is 0 Å². The predicted molar refractivity (Wildman–Crippen MR) is 138 cm³/mol. The molecule has 1 saturated carbocycles. The van der Waals surface area contributed by atoms with Crippen molar-refractivity contribution in [1.82, 2.24) is 0 Å². The van der Waals surface area contributed by atoms with Gasteiger partial charge in [0.1, 0.15) is 17.4 Å². The van der Waals surface area contributed by atoms with Gasteiger partial charge < -0.3 is 4.74 Å². The third-order valence-corrected chi connectivity index (χ3v) is 8.09. The maximum absolute atomic E-state index is 15.4. The fraction of sp³-hybridized carbons (Fsp3) is 0.548. The second kappa shape index (κ2) is 12.4. The van der Waals surface area contributed by atoms with Crippen LogP contribution in [0.3, 0.4) is 0 Å². The standard InChI is InChI=1S/C31H37F5O/c1-2-3-4-5-6-21-7-9-22(10-8-21)11-12-23-13-18-27-25(19-23)20-28(32)29(30(27)33)24-14-16-26(17-15-24)37-31(34,35)36/h14-17,19-22H,2-13,18H2,1H3. The first kappa shape index (κ1) is 27.7. The van der Waals surface area contributed by atoms with Crippen molar-refractivity contribution in [1.29, 1.82) is 0 Å². The number of hydrogen-bond acceptors (Lipinski definition) is 1. The summed E-state index contributed by atoms with van der Waals surface area (Å²) < 4.78 is 71.4. The molecular weight excluding hydrogens is 483 g/mol. The summed E-state index contributed by atoms with van der Waals surface area (Å²) in [6.07, 6.45) is 12.5. The Labute approximate surface area is 217 Å². The monoisotopic (exact) mass is 520 g/mol. The summed E-state index contributed by atoms with van der Waals surface area (Å²) in [5, 5.41) is 0. The Hall–Kier alpha value is -2.37. The molecule has 37 heavy (non-hydrogen) atoms. The lowest BCUT2D eigenvalue weighted by atomic mass is 9.77. The predicted octanol–water partition coefficient (Wildman–Crippen LogP) is 10.4. The molecule has 0 unspecified atom stereocenters. The number of ether oxygens (including phenoxy) is 1. The van der Waals surface area contributed by atoms with Gasteiger partial charge in [0.15, 0.2) is 0 Å². The average molecular weight is 521 g/mol. The van der Waals surface area contributed by atoms with E-state index in [4.69, 9.17) is 0 Å². The van der Waals surface area contributed by atoms with Crippen molar-refractivity contribution in [2.75, 3.05) is 0 Å². The van der Waals surface area contributed by atoms with Gasteiger partial charge in [-0.05, 0) is 72.4 Å². The molecular formula is C31H37F5O. The third-order valence-electron chi connectivity index (χ3n) is 8.09. The Morgan fingerprint density at radius 1 is 0.865 bits per heavy atom. The molecule has 0 aliphatic heterocycles. The van der Waals surface area contributed by atoms with E-state index in [-0.39, 0.29) is 11.1 Å². The molecule has 4 rings (SSSR count). The first-order chi connectivity index (χ1) is 17.7. The van der Waals surface area contributed by atoms with Crippen LogP contribution in [0.4, 0.5) is 22.0 Å². The molecule has 2 aliphatic rings. The minimum absolute atomic E-state index is 0.183. The van der Waals surface area contributed by atoms with Crippen LogP contribution in [0.5, 0.6) is 5.75 Å². The molecule has 1 nitrogen and oxygen atoms in total. The molecule has 0 amide bonds. The fourth-order valence-electron chi connectivity index (χ4n) is 5.98. The SMILES string of the molecule is CCCCCCC1CCC(CCC2=Cc3cc(F)c(-c4ccc(OC(F)(F)F)cc4)c(F)c3CC2)CC1. The van der Waals surface area contributed by atoms with Gasteiger partial charge in [-0.3, -0.25) is 0 Å². The van der Waals surface area contributed by atoms with Crippen molar-refractivity contribution in [3.63, 3.8) is 0 Å². The van der Waals surface area contributed by atoms with Gasteiger partial charge in [0.25, 0.3) is 0 Å².